The van der Waals surface area contributed by atoms with Crippen molar-refractivity contribution >= 4 is 0 Å². The second-order valence-electron chi connectivity index (χ2n) is 3.80. The number of hydrogen-bond donors (Lipinski definition) is 1. The molecule has 5 nitrogen and oxygen atoms in total. The fourth-order valence-electron chi connectivity index (χ4n) is 1.63. The van der Waals surface area contributed by atoms with Crippen molar-refractivity contribution in [3.05, 3.63) is 35.9 Å². The van der Waals surface area contributed by atoms with Crippen LogP contribution in [0, 0.1) is 6.92 Å². The van der Waals surface area contributed by atoms with Crippen molar-refractivity contribution in [2.45, 2.75) is 20.5 Å². The molecule has 0 saturated heterocycles. The molecule has 0 unspecified atom stereocenters. The summed E-state index contributed by atoms with van der Waals surface area (Å²) in [5.74, 6) is 0.591. The van der Waals surface area contributed by atoms with E-state index in [2.05, 4.69) is 15.0 Å². The Balaban J connectivity index is 2.52. The zero-order valence-electron chi connectivity index (χ0n) is 10.4. The molecule has 5 heteroatoms. The molecule has 0 bridgehead atoms. The van der Waals surface area contributed by atoms with E-state index in [4.69, 9.17) is 4.74 Å². The summed E-state index contributed by atoms with van der Waals surface area (Å²) >= 11 is 0. The lowest BCUT2D eigenvalue weighted by molar-refractivity contribution is 0.134. The summed E-state index contributed by atoms with van der Waals surface area (Å²) in [5, 5.41) is 10.1. The first-order valence-corrected chi connectivity index (χ1v) is 5.76. The Kier molecular flexibility index (Phi) is 3.84. The minimum atomic E-state index is 0.110. The van der Waals surface area contributed by atoms with Crippen LogP contribution in [0.4, 0.5) is 0 Å². The molecule has 0 spiro atoms. The molecule has 1 N–H and O–H groups in total. The molecule has 94 valence electrons. The van der Waals surface area contributed by atoms with Crippen LogP contribution >= 0.6 is 0 Å². The number of ether oxygens (including phenoxy) is 1. The van der Waals surface area contributed by atoms with Gasteiger partial charge in [-0.3, -0.25) is 4.98 Å². The summed E-state index contributed by atoms with van der Waals surface area (Å²) in [7, 11) is 0. The van der Waals surface area contributed by atoms with Gasteiger partial charge in [0.15, 0.2) is 5.82 Å². The van der Waals surface area contributed by atoms with Gasteiger partial charge in [0.25, 0.3) is 0 Å². The van der Waals surface area contributed by atoms with Gasteiger partial charge in [-0.15, -0.1) is 0 Å². The highest BCUT2D eigenvalue weighted by atomic mass is 16.5. The van der Waals surface area contributed by atoms with Gasteiger partial charge in [-0.1, -0.05) is 0 Å². The Morgan fingerprint density at radius 2 is 1.94 bits per heavy atom. The fourth-order valence-corrected chi connectivity index (χ4v) is 1.63. The minimum absolute atomic E-state index is 0.110. The molecule has 0 amide bonds. The summed E-state index contributed by atoms with van der Waals surface area (Å²) < 4.78 is 5.37. The third-order valence-electron chi connectivity index (χ3n) is 2.57. The smallest absolute Gasteiger partial charge is 0.163 e. The fraction of sp³-hybridized carbons (Fsp3) is 0.308. The van der Waals surface area contributed by atoms with Crippen LogP contribution in [-0.2, 0) is 11.3 Å². The molecule has 0 saturated carbocycles. The predicted molar refractivity (Wildman–Crippen MR) is 67.0 cm³/mol. The van der Waals surface area contributed by atoms with E-state index < -0.39 is 0 Å². The Morgan fingerprint density at radius 3 is 2.61 bits per heavy atom. The van der Waals surface area contributed by atoms with Gasteiger partial charge in [0, 0.05) is 30.8 Å². The van der Waals surface area contributed by atoms with Gasteiger partial charge >= 0.3 is 0 Å². The standard InChI is InChI=1S/C13H15N3O2/c1-3-18-8-10-7-16-9(2)12(17)11(10)13-14-5-4-6-15-13/h4-7,17H,3,8H2,1-2H3. The average molecular weight is 245 g/mol. The van der Waals surface area contributed by atoms with Gasteiger partial charge in [-0.2, -0.15) is 0 Å². The van der Waals surface area contributed by atoms with Crippen molar-refractivity contribution < 1.29 is 9.84 Å². The maximum Gasteiger partial charge on any atom is 0.163 e. The molecule has 0 aliphatic heterocycles. The molecule has 2 aromatic heterocycles. The summed E-state index contributed by atoms with van der Waals surface area (Å²) in [4.78, 5) is 12.5. The lowest BCUT2D eigenvalue weighted by atomic mass is 10.1. The Morgan fingerprint density at radius 1 is 1.22 bits per heavy atom. The molecule has 2 aromatic rings. The number of aromatic nitrogens is 3. The Hall–Kier alpha value is -2.01. The van der Waals surface area contributed by atoms with Crippen LogP contribution in [0.25, 0.3) is 11.4 Å². The topological polar surface area (TPSA) is 68.1 Å². The SMILES string of the molecule is CCOCc1cnc(C)c(O)c1-c1ncccn1. The number of aromatic hydroxyl groups is 1. The van der Waals surface area contributed by atoms with Gasteiger partial charge in [-0.25, -0.2) is 9.97 Å². The van der Waals surface area contributed by atoms with Crippen LogP contribution in [0.1, 0.15) is 18.2 Å². The largest absolute Gasteiger partial charge is 0.505 e. The van der Waals surface area contributed by atoms with Crippen LogP contribution in [0.3, 0.4) is 0 Å². The van der Waals surface area contributed by atoms with E-state index in [1.54, 1.807) is 31.6 Å². The van der Waals surface area contributed by atoms with Crippen LogP contribution < -0.4 is 0 Å². The summed E-state index contributed by atoms with van der Waals surface area (Å²) in [6, 6.07) is 1.73. The molecule has 0 aliphatic rings. The second-order valence-corrected chi connectivity index (χ2v) is 3.80. The third-order valence-corrected chi connectivity index (χ3v) is 2.57. The van der Waals surface area contributed by atoms with Crippen LogP contribution in [-0.4, -0.2) is 26.7 Å². The number of rotatable bonds is 4. The van der Waals surface area contributed by atoms with Crippen molar-refractivity contribution in [1.29, 1.82) is 0 Å². The van der Waals surface area contributed by atoms with E-state index in [0.717, 1.165) is 5.56 Å². The zero-order valence-corrected chi connectivity index (χ0v) is 10.4. The summed E-state index contributed by atoms with van der Waals surface area (Å²) in [5.41, 5.74) is 1.93. The van der Waals surface area contributed by atoms with Crippen molar-refractivity contribution in [3.8, 4) is 17.1 Å². The third kappa shape index (κ3) is 2.46. The number of nitrogens with zero attached hydrogens (tertiary/aromatic N) is 3. The maximum absolute atomic E-state index is 10.1. The van der Waals surface area contributed by atoms with E-state index in [9.17, 15) is 5.11 Å². The minimum Gasteiger partial charge on any atom is -0.505 e. The van der Waals surface area contributed by atoms with Crippen LogP contribution in [0.2, 0.25) is 0 Å². The monoisotopic (exact) mass is 245 g/mol. The van der Waals surface area contributed by atoms with Crippen molar-refractivity contribution in [3.63, 3.8) is 0 Å². The van der Waals surface area contributed by atoms with E-state index in [0.29, 0.717) is 30.3 Å². The van der Waals surface area contributed by atoms with Crippen molar-refractivity contribution in [2.24, 2.45) is 0 Å². The molecular weight excluding hydrogens is 230 g/mol. The summed E-state index contributed by atoms with van der Waals surface area (Å²) in [6.07, 6.45) is 4.97. The van der Waals surface area contributed by atoms with Gasteiger partial charge in [0.1, 0.15) is 5.75 Å². The first-order chi connectivity index (χ1) is 8.74. The number of hydrogen-bond acceptors (Lipinski definition) is 5. The van der Waals surface area contributed by atoms with Gasteiger partial charge < -0.3 is 9.84 Å². The van der Waals surface area contributed by atoms with E-state index >= 15 is 0 Å². The number of pyridine rings is 1. The number of aryl methyl sites for hydroxylation is 1. The van der Waals surface area contributed by atoms with Gasteiger partial charge in [0.05, 0.1) is 17.9 Å². The summed E-state index contributed by atoms with van der Waals surface area (Å²) in [6.45, 7) is 4.64. The molecule has 0 atom stereocenters. The Labute approximate surface area is 106 Å². The highest BCUT2D eigenvalue weighted by Crippen LogP contribution is 2.31. The van der Waals surface area contributed by atoms with Crippen molar-refractivity contribution in [2.75, 3.05) is 6.61 Å². The zero-order chi connectivity index (χ0) is 13.0. The van der Waals surface area contributed by atoms with Crippen LogP contribution in [0.15, 0.2) is 24.7 Å². The molecule has 0 fully saturated rings. The quantitative estimate of drug-likeness (QED) is 0.893. The molecular formula is C13H15N3O2. The van der Waals surface area contributed by atoms with E-state index in [1.807, 2.05) is 6.92 Å². The van der Waals surface area contributed by atoms with Gasteiger partial charge in [0.2, 0.25) is 0 Å². The van der Waals surface area contributed by atoms with Crippen LogP contribution in [0.5, 0.6) is 5.75 Å². The molecule has 2 heterocycles. The van der Waals surface area contributed by atoms with E-state index in [1.165, 1.54) is 0 Å². The lowest BCUT2D eigenvalue weighted by Gasteiger charge is -2.11. The Bertz CT molecular complexity index is 529. The van der Waals surface area contributed by atoms with Gasteiger partial charge in [-0.05, 0) is 19.9 Å². The average Bonchev–Trinajstić information content (AvgIpc) is 2.41. The predicted octanol–water partition coefficient (Wildman–Crippen LogP) is 2.09. The molecule has 0 aliphatic carbocycles. The lowest BCUT2D eigenvalue weighted by Crippen LogP contribution is -2.00. The highest BCUT2D eigenvalue weighted by Gasteiger charge is 2.15. The molecule has 0 aromatic carbocycles. The molecule has 2 rings (SSSR count). The normalized spacial score (nSPS) is 10.6. The first-order valence-electron chi connectivity index (χ1n) is 5.76. The first kappa shape index (κ1) is 12.4. The van der Waals surface area contributed by atoms with E-state index in [-0.39, 0.29) is 5.75 Å². The molecule has 0 radical (unpaired) electrons. The molecule has 18 heavy (non-hydrogen) atoms. The van der Waals surface area contributed by atoms with Crippen molar-refractivity contribution in [1.82, 2.24) is 15.0 Å². The maximum atomic E-state index is 10.1. The highest BCUT2D eigenvalue weighted by molar-refractivity contribution is 5.68. The second kappa shape index (κ2) is 5.55.